The van der Waals surface area contributed by atoms with Gasteiger partial charge >= 0.3 is 6.03 Å². The summed E-state index contributed by atoms with van der Waals surface area (Å²) in [4.78, 5) is 48.6. The van der Waals surface area contributed by atoms with E-state index in [-0.39, 0.29) is 11.9 Å². The Morgan fingerprint density at radius 3 is 2.53 bits per heavy atom. The van der Waals surface area contributed by atoms with E-state index in [1.807, 2.05) is 30.3 Å². The van der Waals surface area contributed by atoms with Crippen molar-refractivity contribution in [1.82, 2.24) is 30.2 Å². The molecule has 3 aromatic carbocycles. The first-order valence-corrected chi connectivity index (χ1v) is 21.5. The molecule has 0 bridgehead atoms. The molecule has 2 fully saturated rings. The molecule has 2 aliphatic heterocycles. The predicted molar refractivity (Wildman–Crippen MR) is 221 cm³/mol. The minimum Gasteiger partial charge on any atom is -0.494 e. The van der Waals surface area contributed by atoms with E-state index in [9.17, 15) is 14.2 Å². The SMILES string of the molecule is COc1cc(N2CCC(N(C)Cc3cccc(N4CCC(=O)NC4=O)c3)CC2)c(C)cc1Nc1ncc(Br)c(Nc2ccc3nccnc3c2P(C)(C)=O)n1. The Morgan fingerprint density at radius 2 is 1.78 bits per heavy atom. The molecule has 4 heterocycles. The molecule has 2 aromatic heterocycles. The van der Waals surface area contributed by atoms with Gasteiger partial charge in [-0.15, -0.1) is 0 Å². The second-order valence-corrected chi connectivity index (χ2v) is 18.3. The van der Waals surface area contributed by atoms with Crippen LogP contribution in [0.3, 0.4) is 0 Å². The number of amides is 3. The van der Waals surface area contributed by atoms with Crippen LogP contribution < -0.4 is 35.8 Å². The Bertz CT molecular complexity index is 2310. The number of imide groups is 1. The molecule has 7 rings (SSSR count). The Kier molecular flexibility index (Phi) is 11.1. The molecule has 286 valence electrons. The van der Waals surface area contributed by atoms with Gasteiger partial charge in [0, 0.05) is 74.7 Å². The summed E-state index contributed by atoms with van der Waals surface area (Å²) in [5, 5.41) is 9.71. The van der Waals surface area contributed by atoms with Gasteiger partial charge in [-0.25, -0.2) is 9.78 Å². The van der Waals surface area contributed by atoms with Gasteiger partial charge in [-0.3, -0.25) is 29.9 Å². The van der Waals surface area contributed by atoms with E-state index in [0.717, 1.165) is 60.7 Å². The van der Waals surface area contributed by atoms with Gasteiger partial charge in [0.15, 0.2) is 0 Å². The molecule has 3 amide bonds. The Hall–Kier alpha value is -5.11. The van der Waals surface area contributed by atoms with Crippen molar-refractivity contribution in [2.45, 2.75) is 38.8 Å². The number of benzene rings is 3. The van der Waals surface area contributed by atoms with Crippen molar-refractivity contribution in [3.63, 3.8) is 0 Å². The highest BCUT2D eigenvalue weighted by molar-refractivity contribution is 9.10. The van der Waals surface area contributed by atoms with E-state index in [4.69, 9.17) is 9.72 Å². The highest BCUT2D eigenvalue weighted by atomic mass is 79.9. The van der Waals surface area contributed by atoms with Gasteiger partial charge in [-0.1, -0.05) is 12.1 Å². The molecule has 0 unspecified atom stereocenters. The molecule has 14 nitrogen and oxygen atoms in total. The zero-order valence-electron chi connectivity index (χ0n) is 31.5. The highest BCUT2D eigenvalue weighted by Gasteiger charge is 2.27. The van der Waals surface area contributed by atoms with E-state index in [0.29, 0.717) is 63.0 Å². The van der Waals surface area contributed by atoms with Crippen LogP contribution in [0.15, 0.2) is 71.6 Å². The van der Waals surface area contributed by atoms with Crippen LogP contribution >= 0.6 is 23.1 Å². The van der Waals surface area contributed by atoms with Crippen LogP contribution in [-0.2, 0) is 15.9 Å². The molecule has 55 heavy (non-hydrogen) atoms. The van der Waals surface area contributed by atoms with Crippen LogP contribution in [0.5, 0.6) is 5.75 Å². The third-order valence-corrected chi connectivity index (χ3v) is 12.2. The number of anilines is 6. The number of aromatic nitrogens is 4. The minimum atomic E-state index is -2.77. The first kappa shape index (κ1) is 38.2. The maximum Gasteiger partial charge on any atom is 0.328 e. The van der Waals surface area contributed by atoms with Crippen molar-refractivity contribution in [2.24, 2.45) is 0 Å². The van der Waals surface area contributed by atoms with E-state index in [1.165, 1.54) is 0 Å². The lowest BCUT2D eigenvalue weighted by Gasteiger charge is -2.38. The van der Waals surface area contributed by atoms with Crippen molar-refractivity contribution < 1.29 is 18.9 Å². The third-order valence-electron chi connectivity index (χ3n) is 10.1. The molecular formula is C39H44BrN10O4P. The van der Waals surface area contributed by atoms with E-state index < -0.39 is 7.14 Å². The number of halogens is 1. The summed E-state index contributed by atoms with van der Waals surface area (Å²) < 4.78 is 20.0. The molecule has 2 aliphatic rings. The van der Waals surface area contributed by atoms with Gasteiger partial charge in [0.25, 0.3) is 0 Å². The highest BCUT2D eigenvalue weighted by Crippen LogP contribution is 2.42. The van der Waals surface area contributed by atoms with Gasteiger partial charge in [0.1, 0.15) is 24.2 Å². The summed E-state index contributed by atoms with van der Waals surface area (Å²) in [5.74, 6) is 1.29. The Balaban J connectivity index is 1.02. The minimum absolute atomic E-state index is 0.236. The number of piperidine rings is 1. The lowest BCUT2D eigenvalue weighted by atomic mass is 10.0. The zero-order valence-corrected chi connectivity index (χ0v) is 33.9. The van der Waals surface area contributed by atoms with Crippen LogP contribution in [0.4, 0.5) is 39.3 Å². The normalized spacial score (nSPS) is 15.4. The Labute approximate surface area is 328 Å². The third kappa shape index (κ3) is 8.43. The number of carbonyl (C=O) groups excluding carboxylic acids is 2. The lowest BCUT2D eigenvalue weighted by Crippen LogP contribution is -2.49. The number of hydrogen-bond acceptors (Lipinski definition) is 12. The maximum atomic E-state index is 13.5. The summed E-state index contributed by atoms with van der Waals surface area (Å²) >= 11 is 3.57. The van der Waals surface area contributed by atoms with Gasteiger partial charge in [-0.05, 0) is 97.5 Å². The van der Waals surface area contributed by atoms with Crippen LogP contribution in [-0.4, -0.2) is 89.9 Å². The summed E-state index contributed by atoms with van der Waals surface area (Å²) in [6, 6.07) is 15.8. The molecule has 0 aliphatic carbocycles. The predicted octanol–water partition coefficient (Wildman–Crippen LogP) is 6.78. The van der Waals surface area contributed by atoms with E-state index in [2.05, 4.69) is 88.8 Å². The number of rotatable bonds is 11. The summed E-state index contributed by atoms with van der Waals surface area (Å²) in [6.45, 7) is 8.45. The number of hydrogen-bond donors (Lipinski definition) is 3. The van der Waals surface area contributed by atoms with Gasteiger partial charge in [-0.2, -0.15) is 4.98 Å². The van der Waals surface area contributed by atoms with E-state index >= 15 is 0 Å². The fourth-order valence-electron chi connectivity index (χ4n) is 7.31. The van der Waals surface area contributed by atoms with Gasteiger partial charge < -0.3 is 24.8 Å². The number of methoxy groups -OCH3 is 1. The molecule has 16 heteroatoms. The largest absolute Gasteiger partial charge is 0.494 e. The molecule has 0 saturated carbocycles. The standard InChI is InChI=1S/C39H44BrN10O4P/c1-24-19-31(45-38-43-22-28(40)37(47-38)44-30-10-9-29-35(42-15-14-41-29)36(30)55(4,5)53)33(54-3)21-32(24)49-16-11-26(12-17-49)48(2)23-25-7-6-8-27(20-25)50-18-13-34(51)46-39(50)52/h6-10,14-15,19-22,26H,11-13,16-18,23H2,1-5H3,(H,46,51,52)(H2,43,44,45,47). The number of fused-ring (bicyclic) bond motifs is 1. The van der Waals surface area contributed by atoms with Crippen molar-refractivity contribution in [3.05, 3.63) is 82.7 Å². The maximum absolute atomic E-state index is 13.5. The smallest absolute Gasteiger partial charge is 0.328 e. The second kappa shape index (κ2) is 15.9. The summed E-state index contributed by atoms with van der Waals surface area (Å²) in [5.41, 5.74) is 6.76. The first-order chi connectivity index (χ1) is 26.4. The molecule has 0 atom stereocenters. The molecule has 2 saturated heterocycles. The molecule has 0 spiro atoms. The number of nitrogens with zero attached hydrogens (tertiary/aromatic N) is 7. The first-order valence-electron chi connectivity index (χ1n) is 18.1. The van der Waals surface area contributed by atoms with Crippen molar-refractivity contribution in [3.8, 4) is 5.75 Å². The molecule has 0 radical (unpaired) electrons. The molecule has 3 N–H and O–H groups in total. The Morgan fingerprint density at radius 1 is 1.00 bits per heavy atom. The number of carbonyl (C=O) groups is 2. The van der Waals surface area contributed by atoms with Gasteiger partial charge in [0.05, 0.1) is 33.8 Å². The lowest BCUT2D eigenvalue weighted by molar-refractivity contribution is -0.120. The fraction of sp³-hybridized carbons (Fsp3) is 0.333. The van der Waals surface area contributed by atoms with Crippen LogP contribution in [0.1, 0.15) is 30.4 Å². The average Bonchev–Trinajstić information content (AvgIpc) is 3.16. The summed E-state index contributed by atoms with van der Waals surface area (Å²) in [6.07, 6.45) is 7.17. The number of urea groups is 1. The quantitative estimate of drug-likeness (QED) is 0.120. The molecular weight excluding hydrogens is 783 g/mol. The van der Waals surface area contributed by atoms with Crippen LogP contribution in [0.25, 0.3) is 11.0 Å². The number of aryl methyl sites for hydroxylation is 1. The number of ether oxygens (including phenoxy) is 1. The van der Waals surface area contributed by atoms with E-state index in [1.54, 1.807) is 43.9 Å². The van der Waals surface area contributed by atoms with Crippen molar-refractivity contribution in [1.29, 1.82) is 0 Å². The monoisotopic (exact) mass is 826 g/mol. The fourth-order valence-corrected chi connectivity index (χ4v) is 9.00. The van der Waals surface area contributed by atoms with Crippen LogP contribution in [0, 0.1) is 6.92 Å². The van der Waals surface area contributed by atoms with Crippen molar-refractivity contribution in [2.75, 3.05) is 67.6 Å². The molecule has 5 aromatic rings. The van der Waals surface area contributed by atoms with Crippen molar-refractivity contribution >= 4 is 85.9 Å². The summed E-state index contributed by atoms with van der Waals surface area (Å²) in [7, 11) is 1.04. The average molecular weight is 828 g/mol. The number of nitrogens with one attached hydrogen (secondary N) is 3. The second-order valence-electron chi connectivity index (χ2n) is 14.3. The van der Waals surface area contributed by atoms with Crippen LogP contribution in [0.2, 0.25) is 0 Å². The zero-order chi connectivity index (χ0) is 38.9. The van der Waals surface area contributed by atoms with Gasteiger partial charge in [0.2, 0.25) is 11.9 Å². The topological polar surface area (TPSA) is 158 Å².